The second-order valence-electron chi connectivity index (χ2n) is 11.4. The van der Waals surface area contributed by atoms with Crippen LogP contribution in [0.15, 0.2) is 45.5 Å². The van der Waals surface area contributed by atoms with Gasteiger partial charge in [0.2, 0.25) is 23.6 Å². The second-order valence-corrected chi connectivity index (χ2v) is 11.4. The van der Waals surface area contributed by atoms with Crippen LogP contribution in [0.3, 0.4) is 0 Å². The first-order valence-corrected chi connectivity index (χ1v) is 15.1. The van der Waals surface area contributed by atoms with Crippen molar-refractivity contribution < 1.29 is 38.0 Å². The molecule has 3 heterocycles. The summed E-state index contributed by atoms with van der Waals surface area (Å²) >= 11 is 0. The number of rotatable bonds is 6. The van der Waals surface area contributed by atoms with Gasteiger partial charge in [-0.2, -0.15) is 0 Å². The Bertz CT molecular complexity index is 1480. The minimum Gasteiger partial charge on any atom is -0.481 e. The van der Waals surface area contributed by atoms with Crippen LogP contribution in [0.25, 0.3) is 0 Å². The molecule has 1 aliphatic heterocycles. The molecule has 0 fully saturated rings. The Hall–Kier alpha value is -5.01. The number of carboxylic acid groups (broad SMARTS) is 1. The molecule has 2 aromatic heterocycles. The molecular formula is C32H42N6O8. The molecule has 0 spiro atoms. The van der Waals surface area contributed by atoms with Gasteiger partial charge in [0.05, 0.1) is 12.1 Å². The predicted octanol–water partition coefficient (Wildman–Crippen LogP) is 2.55. The largest absolute Gasteiger partial charge is 0.481 e. The third-order valence-electron chi connectivity index (χ3n) is 7.27. The highest BCUT2D eigenvalue weighted by Crippen LogP contribution is 2.20. The average molecular weight is 639 g/mol. The van der Waals surface area contributed by atoms with Crippen molar-refractivity contribution in [2.75, 3.05) is 6.54 Å². The predicted molar refractivity (Wildman–Crippen MR) is 165 cm³/mol. The topological polar surface area (TPSA) is 206 Å². The minimum atomic E-state index is -0.900. The maximum Gasteiger partial charge on any atom is 0.300 e. The highest BCUT2D eigenvalue weighted by Gasteiger charge is 2.32. The fourth-order valence-corrected chi connectivity index (χ4v) is 4.85. The average Bonchev–Trinajstić information content (AvgIpc) is 3.61. The molecule has 0 radical (unpaired) electrons. The number of aromatic nitrogens is 2. The molecule has 5 N–H and O–H groups in total. The van der Waals surface area contributed by atoms with Gasteiger partial charge in [-0.1, -0.05) is 49.3 Å². The SMILES string of the molecule is CC(=O)O.Cc1noc(C)c1CC(=O)N[C@H]1CCCCNC(=O)c2coc(n2)[C@@H](Cc2ccccc2)NC(=O)[C@H](C(C)C)NC1=O. The number of aryl methyl sites for hydroxylation is 2. The lowest BCUT2D eigenvalue weighted by atomic mass is 10.00. The first-order chi connectivity index (χ1) is 21.8. The maximum absolute atomic E-state index is 13.6. The Morgan fingerprint density at radius 1 is 1.07 bits per heavy atom. The number of benzene rings is 1. The van der Waals surface area contributed by atoms with Gasteiger partial charge < -0.3 is 35.3 Å². The number of carbonyl (C=O) groups excluding carboxylic acids is 4. The van der Waals surface area contributed by atoms with Crippen LogP contribution in [-0.4, -0.2) is 63.5 Å². The van der Waals surface area contributed by atoms with E-state index in [9.17, 15) is 19.2 Å². The monoisotopic (exact) mass is 638 g/mol. The number of fused-ring (bicyclic) bond motifs is 2. The zero-order chi connectivity index (χ0) is 33.8. The lowest BCUT2D eigenvalue weighted by Crippen LogP contribution is -2.56. The van der Waals surface area contributed by atoms with E-state index in [4.69, 9.17) is 18.8 Å². The number of nitrogens with zero attached hydrogens (tertiary/aromatic N) is 2. The fraction of sp³-hybridized carbons (Fsp3) is 0.469. The number of hydrogen-bond donors (Lipinski definition) is 5. The number of carbonyl (C=O) groups is 5. The van der Waals surface area contributed by atoms with Crippen molar-refractivity contribution in [1.82, 2.24) is 31.4 Å². The summed E-state index contributed by atoms with van der Waals surface area (Å²) in [6.07, 6.45) is 3.04. The maximum atomic E-state index is 13.6. The van der Waals surface area contributed by atoms with Crippen molar-refractivity contribution >= 4 is 29.6 Å². The van der Waals surface area contributed by atoms with Crippen LogP contribution in [0.5, 0.6) is 0 Å². The van der Waals surface area contributed by atoms with Crippen LogP contribution in [0.1, 0.15) is 85.0 Å². The van der Waals surface area contributed by atoms with E-state index < -0.39 is 41.8 Å². The van der Waals surface area contributed by atoms with Crippen LogP contribution in [0.2, 0.25) is 0 Å². The summed E-state index contributed by atoms with van der Waals surface area (Å²) in [5.41, 5.74) is 2.32. The van der Waals surface area contributed by atoms with E-state index in [1.807, 2.05) is 44.2 Å². The zero-order valence-corrected chi connectivity index (χ0v) is 26.7. The molecule has 248 valence electrons. The number of carboxylic acids is 1. The van der Waals surface area contributed by atoms with Crippen molar-refractivity contribution in [3.63, 3.8) is 0 Å². The third-order valence-corrected chi connectivity index (χ3v) is 7.27. The molecule has 14 nitrogen and oxygen atoms in total. The van der Waals surface area contributed by atoms with E-state index in [0.29, 0.717) is 49.2 Å². The number of amides is 4. The van der Waals surface area contributed by atoms with Crippen molar-refractivity contribution in [1.29, 1.82) is 0 Å². The zero-order valence-electron chi connectivity index (χ0n) is 26.7. The number of hydrogen-bond acceptors (Lipinski definition) is 9. The lowest BCUT2D eigenvalue weighted by Gasteiger charge is -2.27. The number of oxazole rings is 1. The van der Waals surface area contributed by atoms with Gasteiger partial charge in [-0.15, -0.1) is 0 Å². The molecule has 14 heteroatoms. The molecule has 0 aliphatic carbocycles. The van der Waals surface area contributed by atoms with E-state index in [2.05, 4.69) is 31.4 Å². The smallest absolute Gasteiger partial charge is 0.300 e. The Morgan fingerprint density at radius 2 is 1.76 bits per heavy atom. The molecule has 2 bridgehead atoms. The van der Waals surface area contributed by atoms with Crippen LogP contribution in [0, 0.1) is 19.8 Å². The quantitative estimate of drug-likeness (QED) is 0.267. The Kier molecular flexibility index (Phi) is 13.0. The summed E-state index contributed by atoms with van der Waals surface area (Å²) in [6, 6.07) is 7.02. The first kappa shape index (κ1) is 35.5. The van der Waals surface area contributed by atoms with Gasteiger partial charge in [0.1, 0.15) is 30.1 Å². The van der Waals surface area contributed by atoms with Crippen molar-refractivity contribution in [2.24, 2.45) is 5.92 Å². The fourth-order valence-electron chi connectivity index (χ4n) is 4.85. The molecular weight excluding hydrogens is 596 g/mol. The molecule has 3 atom stereocenters. The molecule has 0 unspecified atom stereocenters. The van der Waals surface area contributed by atoms with Gasteiger partial charge in [-0.3, -0.25) is 24.0 Å². The Labute approximate surface area is 267 Å². The number of nitrogens with one attached hydrogen (secondary N) is 4. The normalized spacial score (nSPS) is 19.3. The second kappa shape index (κ2) is 16.9. The van der Waals surface area contributed by atoms with E-state index in [1.165, 1.54) is 6.26 Å². The van der Waals surface area contributed by atoms with Gasteiger partial charge in [0.25, 0.3) is 11.9 Å². The van der Waals surface area contributed by atoms with Crippen LogP contribution < -0.4 is 21.3 Å². The summed E-state index contributed by atoms with van der Waals surface area (Å²) in [4.78, 5) is 66.2. The van der Waals surface area contributed by atoms with E-state index in [-0.39, 0.29) is 29.8 Å². The highest BCUT2D eigenvalue weighted by molar-refractivity contribution is 5.93. The van der Waals surface area contributed by atoms with Crippen molar-refractivity contribution in [2.45, 2.75) is 84.8 Å². The summed E-state index contributed by atoms with van der Waals surface area (Å²) in [7, 11) is 0. The van der Waals surface area contributed by atoms with Gasteiger partial charge in [0, 0.05) is 25.5 Å². The highest BCUT2D eigenvalue weighted by atomic mass is 16.5. The Balaban J connectivity index is 0.00000136. The standard InChI is InChI=1S/C30H38N6O6.C2H4O2/c1-17(2)26-29(40)33-23(14-20-10-6-5-7-11-20)30-34-24(16-41-30)27(38)31-13-9-8-12-22(28(39)35-26)32-25(37)15-21-18(3)36-42-19(21)4;1-2(3)4/h5-7,10-11,16-17,22-23,26H,8-9,12-15H2,1-4H3,(H,31,38)(H,32,37)(H,33,40)(H,35,39);1H3,(H,3,4)/t22-,23+,26-;/m0./s1. The van der Waals surface area contributed by atoms with E-state index >= 15 is 0 Å². The van der Waals surface area contributed by atoms with Crippen LogP contribution in [-0.2, 0) is 32.0 Å². The Morgan fingerprint density at radius 3 is 2.39 bits per heavy atom. The van der Waals surface area contributed by atoms with Crippen molar-refractivity contribution in [3.05, 3.63) is 70.8 Å². The third kappa shape index (κ3) is 10.6. The number of aliphatic carboxylic acids is 1. The van der Waals surface area contributed by atoms with Crippen LogP contribution >= 0.6 is 0 Å². The summed E-state index contributed by atoms with van der Waals surface area (Å²) in [5.74, 6) is -2.04. The molecule has 4 rings (SSSR count). The molecule has 1 aliphatic rings. The molecule has 3 aromatic rings. The molecule has 0 saturated carbocycles. The van der Waals surface area contributed by atoms with Gasteiger partial charge >= 0.3 is 0 Å². The minimum absolute atomic E-state index is 0.00743. The summed E-state index contributed by atoms with van der Waals surface area (Å²) in [6.45, 7) is 8.57. The van der Waals surface area contributed by atoms with E-state index in [0.717, 1.165) is 12.5 Å². The molecule has 0 saturated heterocycles. The van der Waals surface area contributed by atoms with Crippen molar-refractivity contribution in [3.8, 4) is 0 Å². The molecule has 1 aromatic carbocycles. The molecule has 46 heavy (non-hydrogen) atoms. The van der Waals surface area contributed by atoms with Crippen LogP contribution in [0.4, 0.5) is 0 Å². The summed E-state index contributed by atoms with van der Waals surface area (Å²) < 4.78 is 10.8. The summed E-state index contributed by atoms with van der Waals surface area (Å²) in [5, 5.41) is 22.8. The van der Waals surface area contributed by atoms with Gasteiger partial charge in [-0.05, 0) is 44.6 Å². The van der Waals surface area contributed by atoms with Gasteiger partial charge in [-0.25, -0.2) is 4.98 Å². The first-order valence-electron chi connectivity index (χ1n) is 15.1. The molecule has 4 amide bonds. The van der Waals surface area contributed by atoms with Gasteiger partial charge in [0.15, 0.2) is 5.69 Å². The van der Waals surface area contributed by atoms with E-state index in [1.54, 1.807) is 13.8 Å². The lowest BCUT2D eigenvalue weighted by molar-refractivity contribution is -0.134.